The van der Waals surface area contributed by atoms with Gasteiger partial charge in [0.1, 0.15) is 18.2 Å². The summed E-state index contributed by atoms with van der Waals surface area (Å²) >= 11 is 0. The molecule has 1 aliphatic rings. The molecule has 0 spiro atoms. The van der Waals surface area contributed by atoms with Gasteiger partial charge in [0.15, 0.2) is 5.82 Å². The van der Waals surface area contributed by atoms with Crippen LogP contribution >= 0.6 is 0 Å². The summed E-state index contributed by atoms with van der Waals surface area (Å²) < 4.78 is 5.40. The third-order valence-corrected chi connectivity index (χ3v) is 3.62. The standard InChI is InChI=1S/C15H26N4O/c1-4-12(8-11-6-7-11)17-14-9-13(16-3)18-15(19-14)10-20-5-2/h9,11-12H,4-8,10H2,1-3H3,(H2,16,17,18,19). The molecule has 1 aliphatic carbocycles. The van der Waals surface area contributed by atoms with E-state index in [2.05, 4.69) is 27.5 Å². The summed E-state index contributed by atoms with van der Waals surface area (Å²) in [5, 5.41) is 6.63. The quantitative estimate of drug-likeness (QED) is 0.727. The van der Waals surface area contributed by atoms with Crippen LogP contribution in [-0.2, 0) is 11.3 Å². The molecule has 0 aliphatic heterocycles. The number of nitrogens with zero attached hydrogens (tertiary/aromatic N) is 2. The van der Waals surface area contributed by atoms with Gasteiger partial charge in [-0.3, -0.25) is 0 Å². The van der Waals surface area contributed by atoms with Crippen molar-refractivity contribution in [1.82, 2.24) is 9.97 Å². The van der Waals surface area contributed by atoms with Crippen LogP contribution in [0.5, 0.6) is 0 Å². The van der Waals surface area contributed by atoms with Crippen molar-refractivity contribution in [3.05, 3.63) is 11.9 Å². The Morgan fingerprint density at radius 2 is 2.05 bits per heavy atom. The van der Waals surface area contributed by atoms with Gasteiger partial charge in [-0.25, -0.2) is 9.97 Å². The van der Waals surface area contributed by atoms with Crippen LogP contribution in [0.2, 0.25) is 0 Å². The molecule has 2 rings (SSSR count). The summed E-state index contributed by atoms with van der Waals surface area (Å²) in [7, 11) is 1.87. The zero-order valence-electron chi connectivity index (χ0n) is 12.8. The summed E-state index contributed by atoms with van der Waals surface area (Å²) in [6.45, 7) is 5.33. The highest BCUT2D eigenvalue weighted by Crippen LogP contribution is 2.34. The molecule has 1 aromatic rings. The molecule has 1 saturated carbocycles. The van der Waals surface area contributed by atoms with Crippen molar-refractivity contribution in [1.29, 1.82) is 0 Å². The van der Waals surface area contributed by atoms with Crippen LogP contribution in [0.25, 0.3) is 0 Å². The highest BCUT2D eigenvalue weighted by atomic mass is 16.5. The van der Waals surface area contributed by atoms with Crippen molar-refractivity contribution >= 4 is 11.6 Å². The molecule has 1 heterocycles. The molecule has 5 heteroatoms. The summed E-state index contributed by atoms with van der Waals surface area (Å²) in [4.78, 5) is 8.96. The Morgan fingerprint density at radius 1 is 1.30 bits per heavy atom. The van der Waals surface area contributed by atoms with Crippen molar-refractivity contribution in [2.45, 2.75) is 52.2 Å². The lowest BCUT2D eigenvalue weighted by atomic mass is 10.1. The first-order valence-corrected chi connectivity index (χ1v) is 7.65. The lowest BCUT2D eigenvalue weighted by Crippen LogP contribution is -2.20. The van der Waals surface area contributed by atoms with Crippen molar-refractivity contribution < 1.29 is 4.74 Å². The minimum Gasteiger partial charge on any atom is -0.374 e. The molecule has 0 aromatic carbocycles. The topological polar surface area (TPSA) is 59.1 Å². The largest absolute Gasteiger partial charge is 0.374 e. The van der Waals surface area contributed by atoms with Crippen molar-refractivity contribution in [2.75, 3.05) is 24.3 Å². The Bertz CT molecular complexity index is 420. The number of nitrogens with one attached hydrogen (secondary N) is 2. The maximum atomic E-state index is 5.40. The molecular weight excluding hydrogens is 252 g/mol. The predicted molar refractivity (Wildman–Crippen MR) is 82.0 cm³/mol. The fraction of sp³-hybridized carbons (Fsp3) is 0.733. The second kappa shape index (κ2) is 7.43. The van der Waals surface area contributed by atoms with Gasteiger partial charge in [-0.1, -0.05) is 19.8 Å². The van der Waals surface area contributed by atoms with E-state index >= 15 is 0 Å². The minimum atomic E-state index is 0.458. The molecule has 0 amide bonds. The second-order valence-electron chi connectivity index (χ2n) is 5.37. The summed E-state index contributed by atoms with van der Waals surface area (Å²) in [6, 6.07) is 2.47. The molecule has 0 saturated heterocycles. The fourth-order valence-corrected chi connectivity index (χ4v) is 2.25. The van der Waals surface area contributed by atoms with Crippen LogP contribution in [0.1, 0.15) is 45.4 Å². The number of ether oxygens (including phenoxy) is 1. The molecule has 1 atom stereocenters. The lowest BCUT2D eigenvalue weighted by Gasteiger charge is -2.18. The first-order chi connectivity index (χ1) is 9.75. The molecule has 0 radical (unpaired) electrons. The first-order valence-electron chi connectivity index (χ1n) is 7.65. The highest BCUT2D eigenvalue weighted by Gasteiger charge is 2.24. The molecule has 5 nitrogen and oxygen atoms in total. The SMILES string of the molecule is CCOCc1nc(NC)cc(NC(CC)CC2CC2)n1. The Balaban J connectivity index is 2.03. The summed E-state index contributed by atoms with van der Waals surface area (Å²) in [5.41, 5.74) is 0. The normalized spacial score (nSPS) is 15.9. The van der Waals surface area contributed by atoms with Gasteiger partial charge < -0.3 is 15.4 Å². The monoisotopic (exact) mass is 278 g/mol. The lowest BCUT2D eigenvalue weighted by molar-refractivity contribution is 0.128. The summed E-state index contributed by atoms with van der Waals surface area (Å²) in [5.74, 6) is 3.37. The van der Waals surface area contributed by atoms with Gasteiger partial charge in [-0.15, -0.1) is 0 Å². The van der Waals surface area contributed by atoms with Gasteiger partial charge in [-0.05, 0) is 25.7 Å². The molecule has 1 fully saturated rings. The minimum absolute atomic E-state index is 0.458. The number of anilines is 2. The molecule has 1 aromatic heterocycles. The van der Waals surface area contributed by atoms with Crippen molar-refractivity contribution in [2.24, 2.45) is 5.92 Å². The third kappa shape index (κ3) is 4.63. The van der Waals surface area contributed by atoms with Crippen LogP contribution in [0.4, 0.5) is 11.6 Å². The Kier molecular flexibility index (Phi) is 5.59. The van der Waals surface area contributed by atoms with E-state index in [1.807, 2.05) is 20.0 Å². The number of aromatic nitrogens is 2. The maximum absolute atomic E-state index is 5.40. The van der Waals surface area contributed by atoms with Gasteiger partial charge >= 0.3 is 0 Å². The van der Waals surface area contributed by atoms with E-state index in [9.17, 15) is 0 Å². The molecule has 0 bridgehead atoms. The van der Waals surface area contributed by atoms with Gasteiger partial charge in [0.2, 0.25) is 0 Å². The zero-order chi connectivity index (χ0) is 14.4. The predicted octanol–water partition coefficient (Wildman–Crippen LogP) is 3.05. The Hall–Kier alpha value is -1.36. The summed E-state index contributed by atoms with van der Waals surface area (Å²) in [6.07, 6.45) is 5.14. The first kappa shape index (κ1) is 15.0. The molecule has 2 N–H and O–H groups in total. The third-order valence-electron chi connectivity index (χ3n) is 3.62. The highest BCUT2D eigenvalue weighted by molar-refractivity contribution is 5.47. The molecule has 1 unspecified atom stereocenters. The molecule has 20 heavy (non-hydrogen) atoms. The van der Waals surface area contributed by atoms with Gasteiger partial charge in [-0.2, -0.15) is 0 Å². The van der Waals surface area contributed by atoms with Crippen molar-refractivity contribution in [3.63, 3.8) is 0 Å². The molecular formula is C15H26N4O. The van der Waals surface area contributed by atoms with E-state index in [0.29, 0.717) is 19.3 Å². The van der Waals surface area contributed by atoms with E-state index in [0.717, 1.165) is 29.8 Å². The number of rotatable bonds is 9. The Labute approximate surface area is 121 Å². The average molecular weight is 278 g/mol. The zero-order valence-corrected chi connectivity index (χ0v) is 12.8. The van der Waals surface area contributed by atoms with E-state index < -0.39 is 0 Å². The number of hydrogen-bond donors (Lipinski definition) is 2. The van der Waals surface area contributed by atoms with E-state index in [4.69, 9.17) is 4.74 Å². The van der Waals surface area contributed by atoms with Gasteiger partial charge in [0.25, 0.3) is 0 Å². The van der Waals surface area contributed by atoms with Gasteiger partial charge in [0, 0.05) is 25.8 Å². The maximum Gasteiger partial charge on any atom is 0.158 e. The van der Waals surface area contributed by atoms with E-state index in [1.54, 1.807) is 0 Å². The smallest absolute Gasteiger partial charge is 0.158 e. The van der Waals surface area contributed by atoms with Gasteiger partial charge in [0.05, 0.1) is 0 Å². The van der Waals surface area contributed by atoms with E-state index in [-0.39, 0.29) is 0 Å². The fourth-order valence-electron chi connectivity index (χ4n) is 2.25. The number of hydrogen-bond acceptors (Lipinski definition) is 5. The van der Waals surface area contributed by atoms with Crippen LogP contribution in [0.3, 0.4) is 0 Å². The Morgan fingerprint density at radius 3 is 2.65 bits per heavy atom. The second-order valence-corrected chi connectivity index (χ2v) is 5.37. The van der Waals surface area contributed by atoms with Crippen LogP contribution in [-0.4, -0.2) is 29.7 Å². The van der Waals surface area contributed by atoms with Crippen LogP contribution in [0.15, 0.2) is 6.07 Å². The van der Waals surface area contributed by atoms with Crippen LogP contribution < -0.4 is 10.6 Å². The molecule has 112 valence electrons. The van der Waals surface area contributed by atoms with E-state index in [1.165, 1.54) is 19.3 Å². The average Bonchev–Trinajstić information content (AvgIpc) is 3.28. The van der Waals surface area contributed by atoms with Crippen LogP contribution in [0, 0.1) is 5.92 Å². The van der Waals surface area contributed by atoms with Crippen molar-refractivity contribution in [3.8, 4) is 0 Å².